The summed E-state index contributed by atoms with van der Waals surface area (Å²) in [4.78, 5) is 0. The van der Waals surface area contributed by atoms with Crippen LogP contribution in [0.25, 0.3) is 0 Å². The Labute approximate surface area is 155 Å². The summed E-state index contributed by atoms with van der Waals surface area (Å²) < 4.78 is 0. The van der Waals surface area contributed by atoms with Gasteiger partial charge in [0.15, 0.2) is 0 Å². The van der Waals surface area contributed by atoms with Crippen molar-refractivity contribution in [2.45, 2.75) is 72.6 Å². The maximum Gasteiger partial charge on any atom is 0.000814 e. The van der Waals surface area contributed by atoms with Crippen molar-refractivity contribution in [2.24, 2.45) is 34.3 Å². The lowest BCUT2D eigenvalue weighted by atomic mass is 9.47. The molecule has 1 fully saturated rings. The first-order chi connectivity index (χ1) is 11.9. The fraction of sp³-hybridized carbons (Fsp3) is 0.826. The van der Waals surface area contributed by atoms with Crippen LogP contribution in [0.5, 0.6) is 0 Å². The Hall–Kier alpha value is -0.600. The van der Waals surface area contributed by atoms with Crippen molar-refractivity contribution in [2.75, 3.05) is 19.6 Å². The summed E-state index contributed by atoms with van der Waals surface area (Å²) in [5, 5.41) is 3.73. The van der Waals surface area contributed by atoms with Crippen molar-refractivity contribution < 1.29 is 0 Å². The molecule has 1 saturated carbocycles. The molecule has 1 unspecified atom stereocenters. The van der Waals surface area contributed by atoms with Crippen molar-refractivity contribution >= 4 is 0 Å². The Morgan fingerprint density at radius 3 is 2.80 bits per heavy atom. The number of nitrogens with two attached hydrogens (primary N) is 1. The molecule has 142 valence electrons. The minimum absolute atomic E-state index is 0.436. The zero-order valence-corrected chi connectivity index (χ0v) is 17.0. The van der Waals surface area contributed by atoms with Crippen molar-refractivity contribution in [3.05, 3.63) is 23.3 Å². The standard InChI is InChI=1S/C23H40N2/c1-17(2)18-7-9-20-19(15-18)8-10-21-22(3,16-25-14-6-13-24)11-5-12-23(20,21)4/h8,15,17,20-21,25H,5-7,9-14,16,24H2,1-4H3/t20-,21?,22-,23-/m1/s1. The van der Waals surface area contributed by atoms with Gasteiger partial charge in [-0.1, -0.05) is 51.8 Å². The molecule has 0 heterocycles. The van der Waals surface area contributed by atoms with Gasteiger partial charge in [0, 0.05) is 6.54 Å². The van der Waals surface area contributed by atoms with E-state index in [1.807, 2.05) is 0 Å². The van der Waals surface area contributed by atoms with E-state index in [0.29, 0.717) is 16.7 Å². The molecular formula is C23H40N2. The van der Waals surface area contributed by atoms with Crippen molar-refractivity contribution in [3.63, 3.8) is 0 Å². The number of hydrogen-bond donors (Lipinski definition) is 2. The zero-order chi connectivity index (χ0) is 18.1. The van der Waals surface area contributed by atoms with E-state index in [2.05, 4.69) is 45.2 Å². The Bertz CT molecular complexity index is 532. The van der Waals surface area contributed by atoms with Crippen LogP contribution in [0.15, 0.2) is 23.3 Å². The third kappa shape index (κ3) is 3.62. The van der Waals surface area contributed by atoms with Gasteiger partial charge in [-0.3, -0.25) is 0 Å². The van der Waals surface area contributed by atoms with E-state index in [0.717, 1.165) is 37.9 Å². The summed E-state index contributed by atoms with van der Waals surface area (Å²) in [6.07, 6.45) is 14.4. The Morgan fingerprint density at radius 1 is 1.28 bits per heavy atom. The third-order valence-corrected chi connectivity index (χ3v) is 7.79. The molecule has 0 amide bonds. The predicted octanol–water partition coefficient (Wildman–Crippen LogP) is 5.06. The van der Waals surface area contributed by atoms with Gasteiger partial charge in [0.2, 0.25) is 0 Å². The fourth-order valence-electron chi connectivity index (χ4n) is 6.29. The lowest BCUT2D eigenvalue weighted by Crippen LogP contribution is -2.53. The summed E-state index contributed by atoms with van der Waals surface area (Å²) in [6.45, 7) is 12.9. The van der Waals surface area contributed by atoms with E-state index in [-0.39, 0.29) is 0 Å². The second-order valence-corrected chi connectivity index (χ2v) is 9.79. The first-order valence-electron chi connectivity index (χ1n) is 10.7. The van der Waals surface area contributed by atoms with Crippen molar-refractivity contribution in [3.8, 4) is 0 Å². The smallest absolute Gasteiger partial charge is 0.000814 e. The molecule has 3 aliphatic rings. The molecule has 0 spiro atoms. The van der Waals surface area contributed by atoms with Gasteiger partial charge in [-0.2, -0.15) is 0 Å². The molecule has 2 nitrogen and oxygen atoms in total. The molecule has 3 aliphatic carbocycles. The van der Waals surface area contributed by atoms with Crippen LogP contribution in [0.4, 0.5) is 0 Å². The van der Waals surface area contributed by atoms with Crippen LogP contribution in [0, 0.1) is 28.6 Å². The second-order valence-electron chi connectivity index (χ2n) is 9.79. The van der Waals surface area contributed by atoms with Crippen LogP contribution in [-0.2, 0) is 0 Å². The third-order valence-electron chi connectivity index (χ3n) is 7.79. The van der Waals surface area contributed by atoms with E-state index in [1.54, 1.807) is 11.1 Å². The average molecular weight is 345 g/mol. The van der Waals surface area contributed by atoms with Gasteiger partial charge in [0.25, 0.3) is 0 Å². The van der Waals surface area contributed by atoms with Crippen molar-refractivity contribution in [1.29, 1.82) is 0 Å². The van der Waals surface area contributed by atoms with E-state index in [9.17, 15) is 0 Å². The van der Waals surface area contributed by atoms with Crippen LogP contribution >= 0.6 is 0 Å². The molecule has 0 aliphatic heterocycles. The molecule has 0 aromatic rings. The molecule has 25 heavy (non-hydrogen) atoms. The largest absolute Gasteiger partial charge is 0.330 e. The Morgan fingerprint density at radius 2 is 2.08 bits per heavy atom. The van der Waals surface area contributed by atoms with Gasteiger partial charge in [0.05, 0.1) is 0 Å². The molecule has 2 heteroatoms. The summed E-state index contributed by atoms with van der Waals surface area (Å²) in [5.41, 5.74) is 9.94. The molecule has 0 aromatic heterocycles. The van der Waals surface area contributed by atoms with Crippen LogP contribution in [0.1, 0.15) is 72.6 Å². The monoisotopic (exact) mass is 344 g/mol. The number of rotatable bonds is 6. The Balaban J connectivity index is 1.80. The van der Waals surface area contributed by atoms with Gasteiger partial charge in [0.1, 0.15) is 0 Å². The SMILES string of the molecule is CC(C)C1=CC2=CCC3[C@@](C)(CNCCCN)CCC[C@]3(C)[C@@H]2CC1. The summed E-state index contributed by atoms with van der Waals surface area (Å²) in [5.74, 6) is 2.31. The fourth-order valence-corrected chi connectivity index (χ4v) is 6.29. The number of allylic oxidation sites excluding steroid dienone is 4. The molecule has 0 radical (unpaired) electrons. The summed E-state index contributed by atoms with van der Waals surface area (Å²) >= 11 is 0. The van der Waals surface area contributed by atoms with Gasteiger partial charge >= 0.3 is 0 Å². The lowest BCUT2D eigenvalue weighted by Gasteiger charge is -2.58. The van der Waals surface area contributed by atoms with Crippen LogP contribution in [0.3, 0.4) is 0 Å². The predicted molar refractivity (Wildman–Crippen MR) is 108 cm³/mol. The lowest BCUT2D eigenvalue weighted by molar-refractivity contribution is -0.0477. The summed E-state index contributed by atoms with van der Waals surface area (Å²) in [6, 6.07) is 0. The van der Waals surface area contributed by atoms with Crippen LogP contribution in [0.2, 0.25) is 0 Å². The highest BCUT2D eigenvalue weighted by Crippen LogP contribution is 2.61. The minimum Gasteiger partial charge on any atom is -0.330 e. The number of fused-ring (bicyclic) bond motifs is 3. The molecular weight excluding hydrogens is 304 g/mol. The normalized spacial score (nSPS) is 38.0. The van der Waals surface area contributed by atoms with Gasteiger partial charge < -0.3 is 11.1 Å². The quantitative estimate of drug-likeness (QED) is 0.661. The zero-order valence-electron chi connectivity index (χ0n) is 17.0. The van der Waals surface area contributed by atoms with E-state index >= 15 is 0 Å². The van der Waals surface area contributed by atoms with Crippen molar-refractivity contribution in [1.82, 2.24) is 5.32 Å². The number of hydrogen-bond acceptors (Lipinski definition) is 2. The highest BCUT2D eigenvalue weighted by Gasteiger charge is 2.53. The van der Waals surface area contributed by atoms with E-state index in [1.165, 1.54) is 38.5 Å². The molecule has 0 bridgehead atoms. The molecule has 4 atom stereocenters. The number of nitrogens with one attached hydrogen (secondary N) is 1. The molecule has 0 saturated heterocycles. The maximum absolute atomic E-state index is 5.66. The molecule has 3 rings (SSSR count). The first kappa shape index (κ1) is 19.2. The van der Waals surface area contributed by atoms with Gasteiger partial charge in [-0.05, 0) is 85.8 Å². The highest BCUT2D eigenvalue weighted by atomic mass is 14.9. The average Bonchev–Trinajstić information content (AvgIpc) is 2.58. The van der Waals surface area contributed by atoms with E-state index < -0.39 is 0 Å². The van der Waals surface area contributed by atoms with Crippen LogP contribution in [-0.4, -0.2) is 19.6 Å². The van der Waals surface area contributed by atoms with Gasteiger partial charge in [-0.15, -0.1) is 0 Å². The first-order valence-corrected chi connectivity index (χ1v) is 10.7. The van der Waals surface area contributed by atoms with Crippen LogP contribution < -0.4 is 11.1 Å². The minimum atomic E-state index is 0.436. The van der Waals surface area contributed by atoms with Gasteiger partial charge in [-0.25, -0.2) is 0 Å². The maximum atomic E-state index is 5.66. The summed E-state index contributed by atoms with van der Waals surface area (Å²) in [7, 11) is 0. The van der Waals surface area contributed by atoms with E-state index in [4.69, 9.17) is 5.73 Å². The topological polar surface area (TPSA) is 38.0 Å². The highest BCUT2D eigenvalue weighted by molar-refractivity contribution is 5.35. The second kappa shape index (κ2) is 7.56. The molecule has 3 N–H and O–H groups in total. The molecule has 0 aromatic carbocycles. The Kier molecular flexibility index (Phi) is 5.80.